The lowest BCUT2D eigenvalue weighted by Gasteiger charge is -2.24. The van der Waals surface area contributed by atoms with Crippen LogP contribution in [0, 0.1) is 5.92 Å². The molecule has 1 aliphatic heterocycles. The molecule has 2 aromatic carbocycles. The maximum atomic E-state index is 12.8. The standard InChI is InChI=1S/C22H26N2O4S/c1-13(2)10-17(21(26)24-18-12-20(25)28-22(18)27)23-19(29)11-15-8-5-7-14-6-3-4-9-16(14)15/h3-9,13,17-18,22,27H,10-12H2,1-2H3,(H,23,29)(H,24,26)/t17-,18-,22?/m0/s1. The second kappa shape index (κ2) is 9.33. The SMILES string of the molecule is CC(C)C[C@H](NC(=S)Cc1cccc2ccccc12)C(=O)N[C@H]1CC(=O)OC1O. The molecule has 3 rings (SSSR count). The van der Waals surface area contributed by atoms with Crippen LogP contribution in [0.3, 0.4) is 0 Å². The van der Waals surface area contributed by atoms with Gasteiger partial charge in [-0.3, -0.25) is 9.59 Å². The summed E-state index contributed by atoms with van der Waals surface area (Å²) in [4.78, 5) is 24.7. The fourth-order valence-corrected chi connectivity index (χ4v) is 3.82. The first-order chi connectivity index (χ1) is 13.8. The van der Waals surface area contributed by atoms with E-state index in [9.17, 15) is 14.7 Å². The van der Waals surface area contributed by atoms with Crippen molar-refractivity contribution in [3.05, 3.63) is 48.0 Å². The molecule has 29 heavy (non-hydrogen) atoms. The van der Waals surface area contributed by atoms with Crippen molar-refractivity contribution in [2.45, 2.75) is 51.5 Å². The third-order valence-electron chi connectivity index (χ3n) is 4.90. The van der Waals surface area contributed by atoms with Gasteiger partial charge in [0.25, 0.3) is 0 Å². The van der Waals surface area contributed by atoms with E-state index < -0.39 is 24.3 Å². The highest BCUT2D eigenvalue weighted by molar-refractivity contribution is 7.80. The minimum absolute atomic E-state index is 0.0399. The van der Waals surface area contributed by atoms with E-state index in [0.29, 0.717) is 17.8 Å². The molecule has 0 bridgehead atoms. The Hall–Kier alpha value is -2.51. The fraction of sp³-hybridized carbons (Fsp3) is 0.409. The molecular formula is C22H26N2O4S. The Bertz CT molecular complexity index is 909. The summed E-state index contributed by atoms with van der Waals surface area (Å²) in [5.41, 5.74) is 1.09. The molecule has 6 nitrogen and oxygen atoms in total. The first kappa shape index (κ1) is 21.2. The molecule has 7 heteroatoms. The molecule has 1 amide bonds. The lowest BCUT2D eigenvalue weighted by molar-refractivity contribution is -0.155. The van der Waals surface area contributed by atoms with Crippen LogP contribution in [-0.2, 0) is 20.7 Å². The van der Waals surface area contributed by atoms with Crippen LogP contribution in [0.5, 0.6) is 0 Å². The molecule has 0 spiro atoms. The van der Waals surface area contributed by atoms with Crippen LogP contribution >= 0.6 is 12.2 Å². The summed E-state index contributed by atoms with van der Waals surface area (Å²) >= 11 is 5.55. The van der Waals surface area contributed by atoms with Crippen LogP contribution < -0.4 is 10.6 Å². The van der Waals surface area contributed by atoms with E-state index in [4.69, 9.17) is 17.0 Å². The van der Waals surface area contributed by atoms with Crippen LogP contribution in [0.2, 0.25) is 0 Å². The molecule has 1 heterocycles. The minimum atomic E-state index is -1.31. The second-order valence-corrected chi connectivity index (χ2v) is 8.26. The maximum Gasteiger partial charge on any atom is 0.310 e. The number of cyclic esters (lactones) is 1. The summed E-state index contributed by atoms with van der Waals surface area (Å²) in [6.07, 6.45) is -0.263. The van der Waals surface area contributed by atoms with Gasteiger partial charge in [0.05, 0.1) is 11.4 Å². The number of fused-ring (bicyclic) bond motifs is 1. The van der Waals surface area contributed by atoms with Gasteiger partial charge in [0.2, 0.25) is 12.2 Å². The number of aliphatic hydroxyl groups is 1. The van der Waals surface area contributed by atoms with Crippen LogP contribution in [0.4, 0.5) is 0 Å². The summed E-state index contributed by atoms with van der Waals surface area (Å²) in [7, 11) is 0. The minimum Gasteiger partial charge on any atom is -0.434 e. The molecule has 0 saturated carbocycles. The molecule has 2 aromatic rings. The predicted octanol–water partition coefficient (Wildman–Crippen LogP) is 2.46. The first-order valence-corrected chi connectivity index (χ1v) is 10.2. The third kappa shape index (κ3) is 5.52. The van der Waals surface area contributed by atoms with Gasteiger partial charge in [-0.1, -0.05) is 68.5 Å². The van der Waals surface area contributed by atoms with Crippen molar-refractivity contribution in [1.29, 1.82) is 0 Å². The van der Waals surface area contributed by atoms with Gasteiger partial charge in [0.15, 0.2) is 0 Å². The predicted molar refractivity (Wildman–Crippen MR) is 115 cm³/mol. The number of carbonyl (C=O) groups is 2. The maximum absolute atomic E-state index is 12.8. The molecule has 3 atom stereocenters. The van der Waals surface area contributed by atoms with Gasteiger partial charge in [0, 0.05) is 6.42 Å². The van der Waals surface area contributed by atoms with E-state index >= 15 is 0 Å². The quantitative estimate of drug-likeness (QED) is 0.477. The van der Waals surface area contributed by atoms with Crippen molar-refractivity contribution >= 4 is 39.9 Å². The zero-order chi connectivity index (χ0) is 21.0. The van der Waals surface area contributed by atoms with Gasteiger partial charge in [-0.2, -0.15) is 0 Å². The second-order valence-electron chi connectivity index (χ2n) is 7.76. The lowest BCUT2D eigenvalue weighted by atomic mass is 10.0. The highest BCUT2D eigenvalue weighted by Gasteiger charge is 2.36. The smallest absolute Gasteiger partial charge is 0.310 e. The van der Waals surface area contributed by atoms with E-state index in [1.165, 1.54) is 0 Å². The van der Waals surface area contributed by atoms with E-state index in [-0.39, 0.29) is 18.2 Å². The zero-order valence-corrected chi connectivity index (χ0v) is 17.4. The third-order valence-corrected chi connectivity index (χ3v) is 5.16. The number of carbonyl (C=O) groups excluding carboxylic acids is 2. The summed E-state index contributed by atoms with van der Waals surface area (Å²) in [6, 6.07) is 12.9. The van der Waals surface area contributed by atoms with Crippen molar-refractivity contribution < 1.29 is 19.4 Å². The summed E-state index contributed by atoms with van der Waals surface area (Å²) < 4.78 is 4.69. The Morgan fingerprint density at radius 1 is 1.24 bits per heavy atom. The van der Waals surface area contributed by atoms with Crippen LogP contribution in [0.25, 0.3) is 10.8 Å². The van der Waals surface area contributed by atoms with E-state index in [2.05, 4.69) is 28.8 Å². The number of aliphatic hydroxyl groups excluding tert-OH is 1. The summed E-state index contributed by atoms with van der Waals surface area (Å²) in [5.74, 6) is -0.575. The van der Waals surface area contributed by atoms with Crippen LogP contribution in [-0.4, -0.2) is 40.3 Å². The van der Waals surface area contributed by atoms with E-state index in [0.717, 1.165) is 16.3 Å². The number of hydrogen-bond donors (Lipinski definition) is 3. The molecule has 0 radical (unpaired) electrons. The highest BCUT2D eigenvalue weighted by Crippen LogP contribution is 2.19. The number of esters is 1. The Labute approximate surface area is 175 Å². The normalized spacial score (nSPS) is 19.8. The molecule has 3 N–H and O–H groups in total. The number of ether oxygens (including phenoxy) is 1. The number of benzene rings is 2. The Morgan fingerprint density at radius 2 is 1.97 bits per heavy atom. The number of hydrogen-bond acceptors (Lipinski definition) is 5. The summed E-state index contributed by atoms with van der Waals surface area (Å²) in [5, 5.41) is 17.9. The fourth-order valence-electron chi connectivity index (χ4n) is 3.52. The van der Waals surface area contributed by atoms with Gasteiger partial charge >= 0.3 is 5.97 Å². The van der Waals surface area contributed by atoms with Gasteiger partial charge in [-0.05, 0) is 28.7 Å². The van der Waals surface area contributed by atoms with E-state index in [1.54, 1.807) is 0 Å². The van der Waals surface area contributed by atoms with Gasteiger partial charge in [-0.15, -0.1) is 0 Å². The van der Waals surface area contributed by atoms with E-state index in [1.807, 2.05) is 38.1 Å². The Morgan fingerprint density at radius 3 is 2.66 bits per heavy atom. The molecule has 1 aliphatic rings. The largest absolute Gasteiger partial charge is 0.434 e. The monoisotopic (exact) mass is 414 g/mol. The first-order valence-electron chi connectivity index (χ1n) is 9.77. The Kier molecular flexibility index (Phi) is 6.82. The molecular weight excluding hydrogens is 388 g/mol. The number of rotatable bonds is 7. The highest BCUT2D eigenvalue weighted by atomic mass is 32.1. The number of amides is 1. The van der Waals surface area contributed by atoms with Crippen molar-refractivity contribution in [2.24, 2.45) is 5.92 Å². The number of nitrogens with one attached hydrogen (secondary N) is 2. The van der Waals surface area contributed by atoms with Crippen molar-refractivity contribution in [2.75, 3.05) is 0 Å². The van der Waals surface area contributed by atoms with Crippen molar-refractivity contribution in [3.63, 3.8) is 0 Å². The molecule has 1 fully saturated rings. The average Bonchev–Trinajstić information content (AvgIpc) is 2.98. The van der Waals surface area contributed by atoms with Gasteiger partial charge in [0.1, 0.15) is 12.1 Å². The Balaban J connectivity index is 1.68. The van der Waals surface area contributed by atoms with Gasteiger partial charge < -0.3 is 20.5 Å². The molecule has 154 valence electrons. The van der Waals surface area contributed by atoms with Crippen LogP contribution in [0.1, 0.15) is 32.3 Å². The summed E-state index contributed by atoms with van der Waals surface area (Å²) in [6.45, 7) is 4.04. The zero-order valence-electron chi connectivity index (χ0n) is 16.6. The number of thiocarbonyl (C=S) groups is 1. The van der Waals surface area contributed by atoms with Crippen molar-refractivity contribution in [3.8, 4) is 0 Å². The van der Waals surface area contributed by atoms with Crippen molar-refractivity contribution in [1.82, 2.24) is 10.6 Å². The molecule has 1 unspecified atom stereocenters. The topological polar surface area (TPSA) is 87.7 Å². The molecule has 0 aromatic heterocycles. The van der Waals surface area contributed by atoms with Gasteiger partial charge in [-0.25, -0.2) is 0 Å². The lowest BCUT2D eigenvalue weighted by Crippen LogP contribution is -2.51. The molecule has 1 saturated heterocycles. The average molecular weight is 415 g/mol. The molecule has 0 aliphatic carbocycles. The van der Waals surface area contributed by atoms with Crippen LogP contribution in [0.15, 0.2) is 42.5 Å².